The lowest BCUT2D eigenvalue weighted by atomic mass is 9.89. The molecule has 0 saturated carbocycles. The van der Waals surface area contributed by atoms with Crippen molar-refractivity contribution in [3.63, 3.8) is 0 Å². The molecule has 17 heavy (non-hydrogen) atoms. The van der Waals surface area contributed by atoms with Crippen LogP contribution in [0.4, 0.5) is 0 Å². The number of hydrogen-bond acceptors (Lipinski definition) is 3. The molecule has 0 aliphatic heterocycles. The second-order valence-corrected chi connectivity index (χ2v) is 6.28. The van der Waals surface area contributed by atoms with E-state index in [1.54, 1.807) is 0 Å². The molecule has 0 aliphatic carbocycles. The van der Waals surface area contributed by atoms with E-state index >= 15 is 0 Å². The molecule has 0 aliphatic rings. The predicted molar refractivity (Wildman–Crippen MR) is 70.8 cm³/mol. The van der Waals surface area contributed by atoms with Gasteiger partial charge in [0.15, 0.2) is 0 Å². The summed E-state index contributed by atoms with van der Waals surface area (Å²) in [6.45, 7) is 12.9. The number of hydrogen-bond donors (Lipinski definition) is 3. The summed E-state index contributed by atoms with van der Waals surface area (Å²) >= 11 is 0. The molecule has 1 unspecified atom stereocenters. The monoisotopic (exact) mass is 244 g/mol. The van der Waals surface area contributed by atoms with Crippen LogP contribution in [-0.2, 0) is 4.79 Å². The standard InChI is InChI=1S/C13H28N2O2/c1-7-15-13(5,6)11(17)14-9-10(16)8-12(2,3)4/h10,15-16H,7-9H2,1-6H3,(H,14,17). The number of amides is 1. The predicted octanol–water partition coefficient (Wildman–Crippen LogP) is 1.29. The van der Waals surface area contributed by atoms with Crippen LogP contribution in [0.15, 0.2) is 0 Å². The average molecular weight is 244 g/mol. The second kappa shape index (κ2) is 6.36. The summed E-state index contributed by atoms with van der Waals surface area (Å²) in [5, 5.41) is 15.7. The number of carbonyl (C=O) groups is 1. The van der Waals surface area contributed by atoms with E-state index in [0.29, 0.717) is 13.0 Å². The molecule has 4 nitrogen and oxygen atoms in total. The number of carbonyl (C=O) groups excluding carboxylic acids is 1. The van der Waals surface area contributed by atoms with Crippen molar-refractivity contribution >= 4 is 5.91 Å². The Morgan fingerprint density at radius 1 is 1.24 bits per heavy atom. The summed E-state index contributed by atoms with van der Waals surface area (Å²) in [7, 11) is 0. The number of nitrogens with one attached hydrogen (secondary N) is 2. The van der Waals surface area contributed by atoms with Crippen molar-refractivity contribution in [3.05, 3.63) is 0 Å². The topological polar surface area (TPSA) is 61.4 Å². The molecule has 0 spiro atoms. The van der Waals surface area contributed by atoms with Crippen molar-refractivity contribution in [2.75, 3.05) is 13.1 Å². The summed E-state index contributed by atoms with van der Waals surface area (Å²) in [5.41, 5.74) is -0.516. The van der Waals surface area contributed by atoms with E-state index in [0.717, 1.165) is 6.54 Å². The maximum Gasteiger partial charge on any atom is 0.239 e. The Morgan fingerprint density at radius 2 is 1.76 bits per heavy atom. The summed E-state index contributed by atoms with van der Waals surface area (Å²) in [6.07, 6.45) is 0.186. The molecule has 0 aromatic rings. The van der Waals surface area contributed by atoms with Gasteiger partial charge >= 0.3 is 0 Å². The van der Waals surface area contributed by atoms with Crippen LogP contribution in [0.25, 0.3) is 0 Å². The largest absolute Gasteiger partial charge is 0.391 e. The van der Waals surface area contributed by atoms with Gasteiger partial charge in [-0.2, -0.15) is 0 Å². The first-order chi connectivity index (χ1) is 7.58. The fourth-order valence-corrected chi connectivity index (χ4v) is 1.73. The van der Waals surface area contributed by atoms with Crippen LogP contribution in [0.3, 0.4) is 0 Å². The van der Waals surface area contributed by atoms with Gasteiger partial charge in [0, 0.05) is 6.54 Å². The van der Waals surface area contributed by atoms with Crippen LogP contribution in [-0.4, -0.2) is 35.7 Å². The maximum absolute atomic E-state index is 11.8. The lowest BCUT2D eigenvalue weighted by Crippen LogP contribution is -2.53. The number of likely N-dealkylation sites (N-methyl/N-ethyl adjacent to an activating group) is 1. The van der Waals surface area contributed by atoms with Gasteiger partial charge in [-0.1, -0.05) is 27.7 Å². The van der Waals surface area contributed by atoms with Gasteiger partial charge in [0.1, 0.15) is 0 Å². The van der Waals surface area contributed by atoms with Gasteiger partial charge in [-0.15, -0.1) is 0 Å². The van der Waals surface area contributed by atoms with E-state index in [1.165, 1.54) is 0 Å². The SMILES string of the molecule is CCNC(C)(C)C(=O)NCC(O)CC(C)(C)C. The molecule has 0 aromatic heterocycles. The molecule has 1 amide bonds. The number of rotatable bonds is 6. The molecule has 3 N–H and O–H groups in total. The van der Waals surface area contributed by atoms with Crippen LogP contribution >= 0.6 is 0 Å². The summed E-state index contributed by atoms with van der Waals surface area (Å²) in [4.78, 5) is 11.8. The molecule has 0 heterocycles. The Balaban J connectivity index is 4.08. The third-order valence-electron chi connectivity index (χ3n) is 2.53. The third-order valence-corrected chi connectivity index (χ3v) is 2.53. The van der Waals surface area contributed by atoms with Crippen molar-refractivity contribution in [3.8, 4) is 0 Å². The highest BCUT2D eigenvalue weighted by atomic mass is 16.3. The molecule has 0 bridgehead atoms. The molecule has 0 saturated heterocycles. The lowest BCUT2D eigenvalue weighted by molar-refractivity contribution is -0.127. The van der Waals surface area contributed by atoms with E-state index in [4.69, 9.17) is 0 Å². The number of aliphatic hydroxyl groups is 1. The van der Waals surface area contributed by atoms with Crippen molar-refractivity contribution in [2.24, 2.45) is 5.41 Å². The van der Waals surface area contributed by atoms with E-state index < -0.39 is 11.6 Å². The molecule has 0 fully saturated rings. The molecule has 0 rings (SSSR count). The normalized spacial score (nSPS) is 14.5. The van der Waals surface area contributed by atoms with Crippen LogP contribution in [0.2, 0.25) is 0 Å². The molecule has 102 valence electrons. The first kappa shape index (κ1) is 16.4. The second-order valence-electron chi connectivity index (χ2n) is 6.28. The first-order valence-electron chi connectivity index (χ1n) is 6.30. The summed E-state index contributed by atoms with van der Waals surface area (Å²) in [6, 6.07) is 0. The van der Waals surface area contributed by atoms with Crippen molar-refractivity contribution in [1.29, 1.82) is 0 Å². The zero-order chi connectivity index (χ0) is 13.7. The van der Waals surface area contributed by atoms with Gasteiger partial charge in [0.05, 0.1) is 11.6 Å². The highest BCUT2D eigenvalue weighted by molar-refractivity contribution is 5.85. The zero-order valence-corrected chi connectivity index (χ0v) is 12.1. The van der Waals surface area contributed by atoms with Gasteiger partial charge in [0.25, 0.3) is 0 Å². The fourth-order valence-electron chi connectivity index (χ4n) is 1.73. The van der Waals surface area contributed by atoms with E-state index in [2.05, 4.69) is 31.4 Å². The Hall–Kier alpha value is -0.610. The van der Waals surface area contributed by atoms with Crippen molar-refractivity contribution in [2.45, 2.75) is 59.6 Å². The van der Waals surface area contributed by atoms with Crippen LogP contribution in [0, 0.1) is 5.41 Å². The summed E-state index contributed by atoms with van der Waals surface area (Å²) in [5.74, 6) is -0.0766. The van der Waals surface area contributed by atoms with Crippen LogP contribution < -0.4 is 10.6 Å². The summed E-state index contributed by atoms with van der Waals surface area (Å²) < 4.78 is 0. The van der Waals surface area contributed by atoms with Gasteiger partial charge in [-0.05, 0) is 32.2 Å². The highest BCUT2D eigenvalue weighted by Gasteiger charge is 2.26. The Labute approximate surface area is 105 Å². The Kier molecular flexibility index (Phi) is 6.13. The third kappa shape index (κ3) is 7.34. The number of aliphatic hydroxyl groups excluding tert-OH is 1. The minimum absolute atomic E-state index is 0.0708. The van der Waals surface area contributed by atoms with Crippen LogP contribution in [0.1, 0.15) is 48.0 Å². The molecular weight excluding hydrogens is 216 g/mol. The quantitative estimate of drug-likeness (QED) is 0.660. The van der Waals surface area contributed by atoms with E-state index in [1.807, 2.05) is 20.8 Å². The maximum atomic E-state index is 11.8. The molecule has 1 atom stereocenters. The van der Waals surface area contributed by atoms with Crippen LogP contribution in [0.5, 0.6) is 0 Å². The molecule has 4 heteroatoms. The Bertz CT molecular complexity index is 244. The van der Waals surface area contributed by atoms with Gasteiger partial charge in [-0.25, -0.2) is 0 Å². The van der Waals surface area contributed by atoms with E-state index in [9.17, 15) is 9.90 Å². The highest BCUT2D eigenvalue weighted by Crippen LogP contribution is 2.20. The molecular formula is C13H28N2O2. The van der Waals surface area contributed by atoms with Gasteiger partial charge < -0.3 is 15.7 Å². The minimum Gasteiger partial charge on any atom is -0.391 e. The lowest BCUT2D eigenvalue weighted by Gasteiger charge is -2.27. The molecule has 0 aromatic carbocycles. The van der Waals surface area contributed by atoms with Gasteiger partial charge in [0.2, 0.25) is 5.91 Å². The Morgan fingerprint density at radius 3 is 2.18 bits per heavy atom. The van der Waals surface area contributed by atoms with Crippen molar-refractivity contribution < 1.29 is 9.90 Å². The van der Waals surface area contributed by atoms with E-state index in [-0.39, 0.29) is 11.3 Å². The smallest absolute Gasteiger partial charge is 0.239 e. The zero-order valence-electron chi connectivity index (χ0n) is 12.1. The van der Waals surface area contributed by atoms with Gasteiger partial charge in [-0.3, -0.25) is 4.79 Å². The fraction of sp³-hybridized carbons (Fsp3) is 0.923. The first-order valence-corrected chi connectivity index (χ1v) is 6.30. The molecule has 0 radical (unpaired) electrons. The minimum atomic E-state index is -0.587. The van der Waals surface area contributed by atoms with Crippen molar-refractivity contribution in [1.82, 2.24) is 10.6 Å². The average Bonchev–Trinajstić information content (AvgIpc) is 2.11.